The highest BCUT2D eigenvalue weighted by molar-refractivity contribution is 5.83. The van der Waals surface area contributed by atoms with Crippen LogP contribution in [0.1, 0.15) is 43.6 Å². The van der Waals surface area contributed by atoms with Gasteiger partial charge in [-0.3, -0.25) is 4.57 Å². The number of alkyl halides is 2. The van der Waals surface area contributed by atoms with E-state index in [1.807, 2.05) is 12.1 Å². The number of morpholine rings is 1. The SMILES string of the molecule is CC(C)(Cc1ccc2ccccc2c1)Nc1nc(C2CNCCO2)nc(-n2c(C(F)F)nc3ccccc32)n1. The molecule has 1 saturated heterocycles. The van der Waals surface area contributed by atoms with Crippen molar-refractivity contribution in [1.29, 1.82) is 0 Å². The summed E-state index contributed by atoms with van der Waals surface area (Å²) >= 11 is 0. The number of rotatable bonds is 7. The van der Waals surface area contributed by atoms with Gasteiger partial charge < -0.3 is 15.4 Å². The Kier molecular flexibility index (Phi) is 6.66. The molecule has 2 N–H and O–H groups in total. The van der Waals surface area contributed by atoms with Gasteiger partial charge in [-0.15, -0.1) is 0 Å². The standard InChI is InChI=1S/C29H29F2N7O/c1-29(2,16-18-11-12-19-7-3-4-8-20(19)15-18)37-27-34-25(23-17-32-13-14-39-23)35-28(36-27)38-22-10-6-5-9-21(22)33-26(38)24(30)31/h3-12,15,23-24,32H,13-14,16-17H2,1-2H3,(H,34,35,36,37). The van der Waals surface area contributed by atoms with E-state index >= 15 is 0 Å². The molecule has 1 fully saturated rings. The smallest absolute Gasteiger partial charge is 0.296 e. The summed E-state index contributed by atoms with van der Waals surface area (Å²) in [5.74, 6) is 0.307. The molecular formula is C29H29F2N7O. The Hall–Kier alpha value is -4.02. The van der Waals surface area contributed by atoms with Crippen molar-refractivity contribution in [3.05, 3.63) is 83.9 Å². The third kappa shape index (κ3) is 5.30. The summed E-state index contributed by atoms with van der Waals surface area (Å²) in [6, 6.07) is 21.6. The second-order valence-corrected chi connectivity index (χ2v) is 10.3. The fourth-order valence-corrected chi connectivity index (χ4v) is 5.02. The average molecular weight is 530 g/mol. The van der Waals surface area contributed by atoms with Gasteiger partial charge in [-0.25, -0.2) is 13.8 Å². The molecule has 5 aromatic rings. The predicted octanol–water partition coefficient (Wildman–Crippen LogP) is 5.40. The van der Waals surface area contributed by atoms with Gasteiger partial charge in [0, 0.05) is 18.6 Å². The van der Waals surface area contributed by atoms with Crippen LogP contribution in [0.25, 0.3) is 27.8 Å². The molecule has 0 bridgehead atoms. The van der Waals surface area contributed by atoms with E-state index < -0.39 is 23.9 Å². The van der Waals surface area contributed by atoms with Crippen LogP contribution in [0, 0.1) is 0 Å². The van der Waals surface area contributed by atoms with E-state index in [1.165, 1.54) is 15.3 Å². The van der Waals surface area contributed by atoms with Crippen molar-refractivity contribution in [3.8, 4) is 5.95 Å². The first-order valence-electron chi connectivity index (χ1n) is 13.0. The molecule has 10 heteroatoms. The van der Waals surface area contributed by atoms with Crippen LogP contribution in [-0.2, 0) is 11.2 Å². The van der Waals surface area contributed by atoms with Crippen molar-refractivity contribution in [2.24, 2.45) is 0 Å². The Labute approximate surface area is 224 Å². The number of para-hydroxylation sites is 2. The van der Waals surface area contributed by atoms with Crippen molar-refractivity contribution in [1.82, 2.24) is 29.8 Å². The predicted molar refractivity (Wildman–Crippen MR) is 146 cm³/mol. The Morgan fingerprint density at radius 2 is 1.79 bits per heavy atom. The zero-order valence-electron chi connectivity index (χ0n) is 21.7. The highest BCUT2D eigenvalue weighted by Crippen LogP contribution is 2.29. The maximum atomic E-state index is 14.1. The second-order valence-electron chi connectivity index (χ2n) is 10.3. The number of aromatic nitrogens is 5. The minimum Gasteiger partial charge on any atom is -0.368 e. The molecule has 3 aromatic carbocycles. The molecule has 200 valence electrons. The van der Waals surface area contributed by atoms with Crippen LogP contribution in [0.3, 0.4) is 0 Å². The van der Waals surface area contributed by atoms with E-state index in [1.54, 1.807) is 24.3 Å². The van der Waals surface area contributed by atoms with Crippen LogP contribution in [0.15, 0.2) is 66.7 Å². The summed E-state index contributed by atoms with van der Waals surface area (Å²) in [4.78, 5) is 18.1. The van der Waals surface area contributed by atoms with E-state index in [-0.39, 0.29) is 11.9 Å². The van der Waals surface area contributed by atoms with E-state index in [4.69, 9.17) is 4.74 Å². The lowest BCUT2D eigenvalue weighted by Gasteiger charge is -2.28. The summed E-state index contributed by atoms with van der Waals surface area (Å²) in [7, 11) is 0. The molecule has 1 unspecified atom stereocenters. The normalized spacial score (nSPS) is 16.3. The zero-order valence-corrected chi connectivity index (χ0v) is 21.7. The van der Waals surface area contributed by atoms with Gasteiger partial charge in [-0.05, 0) is 48.7 Å². The van der Waals surface area contributed by atoms with Crippen molar-refractivity contribution in [2.45, 2.75) is 38.3 Å². The molecule has 39 heavy (non-hydrogen) atoms. The van der Waals surface area contributed by atoms with Gasteiger partial charge in [-0.2, -0.15) is 15.0 Å². The number of ether oxygens (including phenoxy) is 1. The number of hydrogen-bond acceptors (Lipinski definition) is 7. The van der Waals surface area contributed by atoms with Gasteiger partial charge in [-0.1, -0.05) is 54.6 Å². The van der Waals surface area contributed by atoms with Crippen molar-refractivity contribution in [2.75, 3.05) is 25.0 Å². The molecule has 2 aromatic heterocycles. The van der Waals surface area contributed by atoms with Crippen LogP contribution >= 0.6 is 0 Å². The number of imidazole rings is 1. The largest absolute Gasteiger partial charge is 0.368 e. The average Bonchev–Trinajstić information content (AvgIpc) is 3.33. The van der Waals surface area contributed by atoms with Gasteiger partial charge >= 0.3 is 0 Å². The molecule has 6 rings (SSSR count). The number of anilines is 1. The lowest BCUT2D eigenvalue weighted by atomic mass is 9.93. The van der Waals surface area contributed by atoms with Gasteiger partial charge in [0.2, 0.25) is 11.9 Å². The Morgan fingerprint density at radius 3 is 2.59 bits per heavy atom. The highest BCUT2D eigenvalue weighted by atomic mass is 19.3. The number of hydrogen-bond donors (Lipinski definition) is 2. The van der Waals surface area contributed by atoms with Gasteiger partial charge in [0.15, 0.2) is 11.6 Å². The van der Waals surface area contributed by atoms with Crippen LogP contribution in [0.2, 0.25) is 0 Å². The first-order valence-corrected chi connectivity index (χ1v) is 13.0. The third-order valence-corrected chi connectivity index (χ3v) is 6.75. The van der Waals surface area contributed by atoms with Gasteiger partial charge in [0.1, 0.15) is 6.10 Å². The van der Waals surface area contributed by atoms with Gasteiger partial charge in [0.25, 0.3) is 6.43 Å². The molecule has 3 heterocycles. The summed E-state index contributed by atoms with van der Waals surface area (Å²) in [5, 5.41) is 9.06. The highest BCUT2D eigenvalue weighted by Gasteiger charge is 2.27. The Balaban J connectivity index is 1.39. The molecular weight excluding hydrogens is 500 g/mol. The summed E-state index contributed by atoms with van der Waals surface area (Å²) in [6.07, 6.45) is -2.56. The maximum Gasteiger partial charge on any atom is 0.296 e. The fourth-order valence-electron chi connectivity index (χ4n) is 5.02. The van der Waals surface area contributed by atoms with Crippen LogP contribution in [-0.4, -0.2) is 49.7 Å². The summed E-state index contributed by atoms with van der Waals surface area (Å²) in [6.45, 7) is 5.84. The van der Waals surface area contributed by atoms with E-state index in [9.17, 15) is 8.78 Å². The third-order valence-electron chi connectivity index (χ3n) is 6.75. The number of benzene rings is 3. The van der Waals surface area contributed by atoms with Crippen LogP contribution < -0.4 is 10.6 Å². The molecule has 0 radical (unpaired) electrons. The first-order chi connectivity index (χ1) is 18.9. The quantitative estimate of drug-likeness (QED) is 0.292. The van der Waals surface area contributed by atoms with Crippen molar-refractivity contribution >= 4 is 27.8 Å². The first kappa shape index (κ1) is 25.3. The zero-order chi connectivity index (χ0) is 27.0. The Morgan fingerprint density at radius 1 is 1.00 bits per heavy atom. The number of nitrogens with zero attached hydrogens (tertiary/aromatic N) is 5. The van der Waals surface area contributed by atoms with Crippen molar-refractivity contribution in [3.63, 3.8) is 0 Å². The Bertz CT molecular complexity index is 1630. The summed E-state index contributed by atoms with van der Waals surface area (Å²) < 4.78 is 35.5. The molecule has 1 aliphatic rings. The maximum absolute atomic E-state index is 14.1. The molecule has 1 atom stereocenters. The topological polar surface area (TPSA) is 89.8 Å². The van der Waals surface area contributed by atoms with E-state index in [0.29, 0.717) is 36.4 Å². The molecule has 0 saturated carbocycles. The molecule has 1 aliphatic heterocycles. The molecule has 8 nitrogen and oxygen atoms in total. The van der Waals surface area contributed by atoms with Crippen LogP contribution in [0.4, 0.5) is 14.7 Å². The van der Waals surface area contributed by atoms with Crippen LogP contribution in [0.5, 0.6) is 0 Å². The van der Waals surface area contributed by atoms with Crippen molar-refractivity contribution < 1.29 is 13.5 Å². The minimum atomic E-state index is -2.81. The number of halogens is 2. The lowest BCUT2D eigenvalue weighted by molar-refractivity contribution is 0.0220. The molecule has 0 aliphatic carbocycles. The lowest BCUT2D eigenvalue weighted by Crippen LogP contribution is -2.36. The van der Waals surface area contributed by atoms with Gasteiger partial charge in [0.05, 0.1) is 17.6 Å². The fraction of sp³-hybridized carbons (Fsp3) is 0.310. The number of nitrogens with one attached hydrogen (secondary N) is 2. The summed E-state index contributed by atoms with van der Waals surface area (Å²) in [5.41, 5.74) is 1.62. The monoisotopic (exact) mass is 529 g/mol. The number of fused-ring (bicyclic) bond motifs is 2. The second kappa shape index (κ2) is 10.3. The van der Waals surface area contributed by atoms with E-state index in [2.05, 4.69) is 74.7 Å². The molecule has 0 spiro atoms. The minimum absolute atomic E-state index is 0.0715. The molecule has 0 amide bonds. The van der Waals surface area contributed by atoms with E-state index in [0.717, 1.165) is 12.1 Å².